The van der Waals surface area contributed by atoms with Crippen molar-refractivity contribution < 1.29 is 35.9 Å². The number of ketones is 1. The normalized spacial score (nSPS) is 11.9. The van der Waals surface area contributed by atoms with E-state index in [0.717, 1.165) is 35.0 Å². The van der Waals surface area contributed by atoms with E-state index >= 15 is 0 Å². The summed E-state index contributed by atoms with van der Waals surface area (Å²) >= 11 is 0. The van der Waals surface area contributed by atoms with Gasteiger partial charge in [-0.15, -0.1) is 0 Å². The van der Waals surface area contributed by atoms with E-state index in [4.69, 9.17) is 0 Å². The highest BCUT2D eigenvalue weighted by molar-refractivity contribution is 6.43. The zero-order valence-corrected chi connectivity index (χ0v) is 17.1. The molecule has 2 aromatic carbocycles. The first kappa shape index (κ1) is 23.8. The number of hydrogen-bond donors (Lipinski definition) is 2. The highest BCUT2D eigenvalue weighted by atomic mass is 19.4. The lowest BCUT2D eigenvalue weighted by atomic mass is 10.1. The molecule has 2 N–H and O–H groups in total. The van der Waals surface area contributed by atoms with Gasteiger partial charge in [-0.05, 0) is 44.2 Å². The predicted molar refractivity (Wildman–Crippen MR) is 106 cm³/mol. The van der Waals surface area contributed by atoms with Crippen molar-refractivity contribution in [1.82, 2.24) is 15.2 Å². The SMILES string of the molecule is Cc1nn(-c2cccc(C(F)(F)F)c2)c(C)c1C(=O)C(=O)NNc1ccccc1C(F)(F)F. The van der Waals surface area contributed by atoms with Gasteiger partial charge in [-0.2, -0.15) is 31.4 Å². The third kappa shape index (κ3) is 4.99. The van der Waals surface area contributed by atoms with Crippen molar-refractivity contribution in [3.05, 3.63) is 76.6 Å². The number of aryl methyl sites for hydroxylation is 1. The Morgan fingerprint density at radius 3 is 2.21 bits per heavy atom. The van der Waals surface area contributed by atoms with Gasteiger partial charge in [-0.1, -0.05) is 18.2 Å². The van der Waals surface area contributed by atoms with Gasteiger partial charge in [-0.3, -0.25) is 20.4 Å². The maximum atomic E-state index is 13.1. The molecule has 174 valence electrons. The molecule has 12 heteroatoms. The molecule has 0 fully saturated rings. The molecule has 0 aliphatic heterocycles. The molecule has 1 aromatic heterocycles. The Labute approximate surface area is 183 Å². The number of Topliss-reactive ketones (excluding diaryl/α,β-unsaturated/α-hetero) is 1. The van der Waals surface area contributed by atoms with E-state index in [9.17, 15) is 35.9 Å². The van der Waals surface area contributed by atoms with Crippen LogP contribution in [0, 0.1) is 13.8 Å². The number of amides is 1. The van der Waals surface area contributed by atoms with Gasteiger partial charge in [0.05, 0.1) is 39.5 Å². The largest absolute Gasteiger partial charge is 0.418 e. The second-order valence-electron chi connectivity index (χ2n) is 6.96. The van der Waals surface area contributed by atoms with Gasteiger partial charge in [0.1, 0.15) is 0 Å². The Bertz CT molecular complexity index is 1210. The molecule has 0 bridgehead atoms. The molecule has 0 saturated heterocycles. The van der Waals surface area contributed by atoms with Gasteiger partial charge in [0.15, 0.2) is 0 Å². The smallest absolute Gasteiger partial charge is 0.298 e. The number of aromatic nitrogens is 2. The van der Waals surface area contributed by atoms with Crippen LogP contribution in [-0.2, 0) is 17.1 Å². The van der Waals surface area contributed by atoms with E-state index in [1.165, 1.54) is 32.0 Å². The van der Waals surface area contributed by atoms with Crippen LogP contribution in [-0.4, -0.2) is 21.5 Å². The summed E-state index contributed by atoms with van der Waals surface area (Å²) in [4.78, 5) is 25.0. The summed E-state index contributed by atoms with van der Waals surface area (Å²) in [6.45, 7) is 2.76. The van der Waals surface area contributed by atoms with Crippen LogP contribution in [0.4, 0.5) is 32.0 Å². The maximum Gasteiger partial charge on any atom is 0.418 e. The van der Waals surface area contributed by atoms with Crippen molar-refractivity contribution in [1.29, 1.82) is 0 Å². The minimum absolute atomic E-state index is 0.0158. The molecule has 0 spiro atoms. The number of nitrogens with one attached hydrogen (secondary N) is 2. The Morgan fingerprint density at radius 2 is 1.58 bits per heavy atom. The van der Waals surface area contributed by atoms with Crippen molar-refractivity contribution in [2.45, 2.75) is 26.2 Å². The lowest BCUT2D eigenvalue weighted by molar-refractivity contribution is -0.138. The summed E-state index contributed by atoms with van der Waals surface area (Å²) in [6, 6.07) is 8.56. The predicted octanol–water partition coefficient (Wildman–Crippen LogP) is 4.85. The molecule has 33 heavy (non-hydrogen) atoms. The first-order valence-electron chi connectivity index (χ1n) is 9.31. The Morgan fingerprint density at radius 1 is 0.909 bits per heavy atom. The second kappa shape index (κ2) is 8.60. The fourth-order valence-electron chi connectivity index (χ4n) is 3.17. The average Bonchev–Trinajstić information content (AvgIpc) is 3.04. The van der Waals surface area contributed by atoms with Crippen molar-refractivity contribution >= 4 is 17.4 Å². The van der Waals surface area contributed by atoms with E-state index in [2.05, 4.69) is 10.5 Å². The number of alkyl halides is 6. The van der Waals surface area contributed by atoms with Gasteiger partial charge >= 0.3 is 18.3 Å². The molecule has 6 nitrogen and oxygen atoms in total. The molecular formula is C21H16F6N4O2. The summed E-state index contributed by atoms with van der Waals surface area (Å²) in [6.07, 6.45) is -9.29. The van der Waals surface area contributed by atoms with Gasteiger partial charge < -0.3 is 0 Å². The monoisotopic (exact) mass is 470 g/mol. The van der Waals surface area contributed by atoms with Crippen LogP contribution in [0.3, 0.4) is 0 Å². The molecule has 0 saturated carbocycles. The number of hydrazine groups is 1. The molecular weight excluding hydrogens is 454 g/mol. The van der Waals surface area contributed by atoms with Crippen LogP contribution in [0.2, 0.25) is 0 Å². The minimum Gasteiger partial charge on any atom is -0.298 e. The van der Waals surface area contributed by atoms with Crippen LogP contribution < -0.4 is 10.9 Å². The zero-order valence-electron chi connectivity index (χ0n) is 17.1. The van der Waals surface area contributed by atoms with E-state index < -0.39 is 40.9 Å². The third-order valence-corrected chi connectivity index (χ3v) is 4.69. The summed E-state index contributed by atoms with van der Waals surface area (Å²) < 4.78 is 79.3. The first-order chi connectivity index (χ1) is 15.3. The molecule has 3 rings (SSSR count). The number of hydrogen-bond acceptors (Lipinski definition) is 4. The summed E-state index contributed by atoms with van der Waals surface area (Å²) in [5.74, 6) is -2.40. The number of carbonyl (C=O) groups is 2. The Balaban J connectivity index is 1.85. The molecule has 0 atom stereocenters. The number of rotatable bonds is 5. The highest BCUT2D eigenvalue weighted by Gasteiger charge is 2.34. The zero-order chi connectivity index (χ0) is 24.6. The molecule has 0 radical (unpaired) electrons. The lowest BCUT2D eigenvalue weighted by Crippen LogP contribution is -2.36. The number of nitrogens with zero attached hydrogens (tertiary/aromatic N) is 2. The van der Waals surface area contributed by atoms with Crippen LogP contribution in [0.15, 0.2) is 48.5 Å². The molecule has 0 aliphatic carbocycles. The highest BCUT2D eigenvalue weighted by Crippen LogP contribution is 2.34. The van der Waals surface area contributed by atoms with Crippen LogP contribution >= 0.6 is 0 Å². The molecule has 1 amide bonds. The van der Waals surface area contributed by atoms with Crippen molar-refractivity contribution in [3.63, 3.8) is 0 Å². The van der Waals surface area contributed by atoms with E-state index in [0.29, 0.717) is 0 Å². The van der Waals surface area contributed by atoms with Crippen molar-refractivity contribution in [2.75, 3.05) is 5.43 Å². The summed E-state index contributed by atoms with van der Waals surface area (Å²) in [5, 5.41) is 4.05. The maximum absolute atomic E-state index is 13.1. The minimum atomic E-state index is -4.70. The van der Waals surface area contributed by atoms with Crippen molar-refractivity contribution in [3.8, 4) is 5.69 Å². The molecule has 1 heterocycles. The summed E-state index contributed by atoms with van der Waals surface area (Å²) in [7, 11) is 0. The van der Waals surface area contributed by atoms with Gasteiger partial charge in [-0.25, -0.2) is 4.68 Å². The number of halogens is 6. The summed E-state index contributed by atoms with van der Waals surface area (Å²) in [5.41, 5.74) is 1.52. The molecule has 3 aromatic rings. The van der Waals surface area contributed by atoms with Gasteiger partial charge in [0, 0.05) is 0 Å². The van der Waals surface area contributed by atoms with E-state index in [1.807, 2.05) is 5.43 Å². The number of para-hydroxylation sites is 1. The van der Waals surface area contributed by atoms with E-state index in [-0.39, 0.29) is 22.6 Å². The van der Waals surface area contributed by atoms with Crippen molar-refractivity contribution in [2.24, 2.45) is 0 Å². The second-order valence-corrected chi connectivity index (χ2v) is 6.96. The van der Waals surface area contributed by atoms with Gasteiger partial charge in [0.2, 0.25) is 0 Å². The Kier molecular flexibility index (Phi) is 6.21. The first-order valence-corrected chi connectivity index (χ1v) is 9.31. The fraction of sp³-hybridized carbons (Fsp3) is 0.190. The van der Waals surface area contributed by atoms with Crippen LogP contribution in [0.1, 0.15) is 32.9 Å². The fourth-order valence-corrected chi connectivity index (χ4v) is 3.17. The topological polar surface area (TPSA) is 76.0 Å². The number of anilines is 1. The standard InChI is InChI=1S/C21H16F6N4O2/c1-11-17(12(2)31(30-11)14-7-5-6-13(10-14)20(22,23)24)18(32)19(33)29-28-16-9-4-3-8-15(16)21(25,26)27/h3-10,28H,1-2H3,(H,29,33). The molecule has 0 aliphatic rings. The van der Waals surface area contributed by atoms with Gasteiger partial charge in [0.25, 0.3) is 5.78 Å². The lowest BCUT2D eigenvalue weighted by Gasteiger charge is -2.14. The average molecular weight is 470 g/mol. The quantitative estimate of drug-likeness (QED) is 0.242. The Hall–Kier alpha value is -3.83. The number of carbonyl (C=O) groups excluding carboxylic acids is 2. The van der Waals surface area contributed by atoms with Crippen LogP contribution in [0.5, 0.6) is 0 Å². The third-order valence-electron chi connectivity index (χ3n) is 4.69. The molecule has 0 unspecified atom stereocenters. The number of benzene rings is 2. The van der Waals surface area contributed by atoms with E-state index in [1.54, 1.807) is 0 Å². The van der Waals surface area contributed by atoms with Crippen LogP contribution in [0.25, 0.3) is 5.69 Å².